The monoisotopic (exact) mass is 210 g/mol. The van der Waals surface area contributed by atoms with E-state index in [1.165, 1.54) is 11.5 Å². The van der Waals surface area contributed by atoms with Crippen molar-refractivity contribution in [3.05, 3.63) is 28.9 Å². The van der Waals surface area contributed by atoms with Gasteiger partial charge in [-0.2, -0.15) is 9.47 Å². The first-order valence-electron chi connectivity index (χ1n) is 4.06. The summed E-state index contributed by atoms with van der Waals surface area (Å²) < 4.78 is 9.06. The van der Waals surface area contributed by atoms with E-state index in [4.69, 9.17) is 10.5 Å². The van der Waals surface area contributed by atoms with Gasteiger partial charge in [0.1, 0.15) is 0 Å². The summed E-state index contributed by atoms with van der Waals surface area (Å²) in [6, 6.07) is 1.65. The van der Waals surface area contributed by atoms with Gasteiger partial charge in [0.15, 0.2) is 0 Å². The zero-order chi connectivity index (χ0) is 9.97. The number of nitrogens with two attached hydrogens (primary N) is 1. The molecule has 0 bridgehead atoms. The highest BCUT2D eigenvalue weighted by molar-refractivity contribution is 7.06. The van der Waals surface area contributed by atoms with Crippen molar-refractivity contribution in [3.63, 3.8) is 0 Å². The molecule has 0 amide bonds. The number of aromatic nitrogens is 3. The first kappa shape index (κ1) is 9.17. The third kappa shape index (κ3) is 1.61. The van der Waals surface area contributed by atoms with Gasteiger partial charge in [-0.3, -0.25) is 5.10 Å². The van der Waals surface area contributed by atoms with E-state index in [0.29, 0.717) is 5.88 Å². The number of aromatic amines is 1. The van der Waals surface area contributed by atoms with Gasteiger partial charge in [0, 0.05) is 17.8 Å². The Kier molecular flexibility index (Phi) is 2.47. The quantitative estimate of drug-likeness (QED) is 0.789. The summed E-state index contributed by atoms with van der Waals surface area (Å²) >= 11 is 1.34. The molecule has 2 rings (SSSR count). The van der Waals surface area contributed by atoms with Gasteiger partial charge >= 0.3 is 0 Å². The molecule has 6 heteroatoms. The molecule has 0 fully saturated rings. The minimum absolute atomic E-state index is 0.185. The molecule has 1 unspecified atom stereocenters. The van der Waals surface area contributed by atoms with Crippen molar-refractivity contribution in [1.29, 1.82) is 0 Å². The molecule has 2 aromatic rings. The smallest absolute Gasteiger partial charge is 0.225 e. The van der Waals surface area contributed by atoms with Gasteiger partial charge in [-0.15, -0.1) is 0 Å². The molecule has 74 valence electrons. The van der Waals surface area contributed by atoms with E-state index in [1.54, 1.807) is 19.5 Å². The molecule has 14 heavy (non-hydrogen) atoms. The van der Waals surface area contributed by atoms with Crippen LogP contribution in [0.3, 0.4) is 0 Å². The van der Waals surface area contributed by atoms with Gasteiger partial charge in [0.05, 0.1) is 24.2 Å². The molecule has 0 spiro atoms. The van der Waals surface area contributed by atoms with E-state index in [-0.39, 0.29) is 6.04 Å². The first-order chi connectivity index (χ1) is 6.81. The average Bonchev–Trinajstić information content (AvgIpc) is 2.88. The summed E-state index contributed by atoms with van der Waals surface area (Å²) in [6.07, 6.45) is 3.48. The molecule has 2 heterocycles. The van der Waals surface area contributed by atoms with Crippen LogP contribution in [0, 0.1) is 0 Å². The number of H-pyrrole nitrogens is 1. The van der Waals surface area contributed by atoms with Gasteiger partial charge in [0.2, 0.25) is 5.88 Å². The minimum atomic E-state index is -0.185. The van der Waals surface area contributed by atoms with E-state index in [2.05, 4.69) is 14.6 Å². The van der Waals surface area contributed by atoms with Crippen LogP contribution in [0.4, 0.5) is 0 Å². The third-order valence-electron chi connectivity index (χ3n) is 1.90. The number of rotatable bonds is 3. The van der Waals surface area contributed by atoms with Crippen LogP contribution in [0.15, 0.2) is 18.5 Å². The fraction of sp³-hybridized carbons (Fsp3) is 0.250. The topological polar surface area (TPSA) is 76.8 Å². The van der Waals surface area contributed by atoms with Gasteiger partial charge in [0.25, 0.3) is 0 Å². The highest BCUT2D eigenvalue weighted by atomic mass is 32.1. The van der Waals surface area contributed by atoms with Crippen molar-refractivity contribution in [2.75, 3.05) is 7.11 Å². The molecule has 0 aliphatic carbocycles. The summed E-state index contributed by atoms with van der Waals surface area (Å²) in [4.78, 5) is 0.961. The molecule has 0 aliphatic heterocycles. The Hall–Kier alpha value is -1.40. The van der Waals surface area contributed by atoms with E-state index >= 15 is 0 Å². The van der Waals surface area contributed by atoms with Gasteiger partial charge in [-0.25, -0.2) is 0 Å². The van der Waals surface area contributed by atoms with Crippen LogP contribution in [0.5, 0.6) is 5.88 Å². The summed E-state index contributed by atoms with van der Waals surface area (Å²) in [5.41, 5.74) is 6.92. The van der Waals surface area contributed by atoms with Gasteiger partial charge in [-0.05, 0) is 11.5 Å². The average molecular weight is 210 g/mol. The van der Waals surface area contributed by atoms with Crippen LogP contribution in [-0.4, -0.2) is 21.7 Å². The lowest BCUT2D eigenvalue weighted by atomic mass is 10.1. The standard InChI is InChI=1S/C8H10N4OS/c1-13-7-2-6(14-12-7)8(9)5-3-10-11-4-5/h2-4,8H,9H2,1H3,(H,10,11). The Bertz CT molecular complexity index is 397. The first-order valence-corrected chi connectivity index (χ1v) is 4.83. The predicted molar refractivity (Wildman–Crippen MR) is 53.3 cm³/mol. The fourth-order valence-corrected chi connectivity index (χ4v) is 1.84. The second kappa shape index (κ2) is 3.77. The predicted octanol–water partition coefficient (Wildman–Crippen LogP) is 0.923. The zero-order valence-electron chi connectivity index (χ0n) is 7.60. The SMILES string of the molecule is COc1cc(C(N)c2cn[nH]c2)sn1. The minimum Gasteiger partial charge on any atom is -0.480 e. The summed E-state index contributed by atoms with van der Waals surface area (Å²) in [6.45, 7) is 0. The Morgan fingerprint density at radius 3 is 3.07 bits per heavy atom. The van der Waals surface area contributed by atoms with Crippen molar-refractivity contribution in [1.82, 2.24) is 14.6 Å². The molecule has 0 saturated carbocycles. The number of ether oxygens (including phenoxy) is 1. The molecule has 3 N–H and O–H groups in total. The summed E-state index contributed by atoms with van der Waals surface area (Å²) in [5, 5.41) is 6.57. The zero-order valence-corrected chi connectivity index (χ0v) is 8.41. The van der Waals surface area contributed by atoms with Crippen LogP contribution < -0.4 is 10.5 Å². The van der Waals surface area contributed by atoms with E-state index in [0.717, 1.165) is 10.4 Å². The second-order valence-corrected chi connectivity index (χ2v) is 3.62. The Morgan fingerprint density at radius 1 is 1.64 bits per heavy atom. The lowest BCUT2D eigenvalue weighted by Crippen LogP contribution is -2.08. The van der Waals surface area contributed by atoms with Crippen molar-refractivity contribution in [2.45, 2.75) is 6.04 Å². The van der Waals surface area contributed by atoms with Crippen LogP contribution in [0.1, 0.15) is 16.5 Å². The van der Waals surface area contributed by atoms with Crippen molar-refractivity contribution in [2.24, 2.45) is 5.73 Å². The molecule has 1 atom stereocenters. The molecule has 2 aromatic heterocycles. The maximum Gasteiger partial charge on any atom is 0.225 e. The highest BCUT2D eigenvalue weighted by Crippen LogP contribution is 2.25. The van der Waals surface area contributed by atoms with Crippen molar-refractivity contribution >= 4 is 11.5 Å². The van der Waals surface area contributed by atoms with Crippen molar-refractivity contribution < 1.29 is 4.74 Å². The molecule has 0 aromatic carbocycles. The van der Waals surface area contributed by atoms with E-state index in [9.17, 15) is 0 Å². The van der Waals surface area contributed by atoms with Gasteiger partial charge in [-0.1, -0.05) is 0 Å². The molecular formula is C8H10N4OS. The van der Waals surface area contributed by atoms with E-state index < -0.39 is 0 Å². The molecule has 5 nitrogen and oxygen atoms in total. The molecule has 0 aliphatic rings. The second-order valence-electron chi connectivity index (χ2n) is 2.78. The van der Waals surface area contributed by atoms with E-state index in [1.807, 2.05) is 6.07 Å². The Labute approximate surface area is 85.1 Å². The number of hydrogen-bond acceptors (Lipinski definition) is 5. The molecular weight excluding hydrogens is 200 g/mol. The van der Waals surface area contributed by atoms with Gasteiger partial charge < -0.3 is 10.5 Å². The maximum absolute atomic E-state index is 5.98. The third-order valence-corrected chi connectivity index (χ3v) is 2.75. The molecule has 0 radical (unpaired) electrons. The number of nitrogens with zero attached hydrogens (tertiary/aromatic N) is 2. The molecule has 0 saturated heterocycles. The van der Waals surface area contributed by atoms with Crippen LogP contribution in [0.2, 0.25) is 0 Å². The number of methoxy groups -OCH3 is 1. The summed E-state index contributed by atoms with van der Waals surface area (Å²) in [5.74, 6) is 0.601. The van der Waals surface area contributed by atoms with Crippen LogP contribution >= 0.6 is 11.5 Å². The normalized spacial score (nSPS) is 12.7. The van der Waals surface area contributed by atoms with Crippen molar-refractivity contribution in [3.8, 4) is 5.88 Å². The lowest BCUT2D eigenvalue weighted by Gasteiger charge is -2.03. The fourth-order valence-electron chi connectivity index (χ4n) is 1.11. The van der Waals surface area contributed by atoms with Crippen LogP contribution in [0.25, 0.3) is 0 Å². The highest BCUT2D eigenvalue weighted by Gasteiger charge is 2.13. The Balaban J connectivity index is 2.23. The maximum atomic E-state index is 5.98. The number of nitrogens with one attached hydrogen (secondary N) is 1. The van der Waals surface area contributed by atoms with Crippen LogP contribution in [-0.2, 0) is 0 Å². The largest absolute Gasteiger partial charge is 0.480 e. The lowest BCUT2D eigenvalue weighted by molar-refractivity contribution is 0.402. The Morgan fingerprint density at radius 2 is 2.50 bits per heavy atom. The number of hydrogen-bond donors (Lipinski definition) is 2. The summed E-state index contributed by atoms with van der Waals surface area (Å²) in [7, 11) is 1.59.